The van der Waals surface area contributed by atoms with Crippen molar-refractivity contribution in [1.29, 1.82) is 0 Å². The number of ether oxygens (including phenoxy) is 2. The van der Waals surface area contributed by atoms with E-state index in [0.29, 0.717) is 24.2 Å². The van der Waals surface area contributed by atoms with Crippen molar-refractivity contribution in [2.24, 2.45) is 0 Å². The third-order valence-corrected chi connectivity index (χ3v) is 7.68. The standard InChI is InChI=1S/C27H32N2O6/c1-16-18(4-6-20-22(16)14-34-26(20)32)24(30)12-28-8-3-9-29(11-10-28)13-25(31)19-5-7-21-23(17(19)2)15-35-27(21)33/h4-7,24-25,30-31H,3,8-15H2,1-2H3/t24-,25-/m0/s1. The lowest BCUT2D eigenvalue weighted by molar-refractivity contribution is 0.0525. The van der Waals surface area contributed by atoms with Crippen molar-refractivity contribution in [1.82, 2.24) is 9.80 Å². The molecule has 0 spiro atoms. The Balaban J connectivity index is 1.19. The number of nitrogens with zero attached hydrogens (tertiary/aromatic N) is 2. The molecule has 0 radical (unpaired) electrons. The van der Waals surface area contributed by atoms with E-state index in [0.717, 1.165) is 66.0 Å². The van der Waals surface area contributed by atoms with E-state index in [4.69, 9.17) is 9.47 Å². The first-order valence-corrected chi connectivity index (χ1v) is 12.2. The number of hydrogen-bond acceptors (Lipinski definition) is 8. The normalized spacial score (nSPS) is 20.1. The third kappa shape index (κ3) is 4.59. The van der Waals surface area contributed by atoms with E-state index in [1.807, 2.05) is 26.0 Å². The highest BCUT2D eigenvalue weighted by atomic mass is 16.5. The second kappa shape index (κ2) is 9.70. The van der Waals surface area contributed by atoms with Gasteiger partial charge in [-0.3, -0.25) is 9.80 Å². The number of carbonyl (C=O) groups is 2. The first-order valence-electron chi connectivity index (χ1n) is 12.2. The average Bonchev–Trinajstić information content (AvgIpc) is 3.32. The average molecular weight is 481 g/mol. The van der Waals surface area contributed by atoms with Gasteiger partial charge in [-0.2, -0.15) is 0 Å². The van der Waals surface area contributed by atoms with Gasteiger partial charge in [0.15, 0.2) is 0 Å². The highest BCUT2D eigenvalue weighted by Crippen LogP contribution is 2.31. The minimum absolute atomic E-state index is 0.272. The van der Waals surface area contributed by atoms with Crippen molar-refractivity contribution < 1.29 is 29.3 Å². The quantitative estimate of drug-likeness (QED) is 0.609. The van der Waals surface area contributed by atoms with Gasteiger partial charge in [-0.25, -0.2) is 9.59 Å². The number of β-amino-alcohol motifs (C(OH)–C–C–N with tert-alkyl or cyclic N) is 2. The summed E-state index contributed by atoms with van der Waals surface area (Å²) in [6.07, 6.45) is -0.351. The van der Waals surface area contributed by atoms with Crippen LogP contribution in [0, 0.1) is 13.8 Å². The molecule has 0 aliphatic carbocycles. The van der Waals surface area contributed by atoms with E-state index in [2.05, 4.69) is 9.80 Å². The monoisotopic (exact) mass is 480 g/mol. The topological polar surface area (TPSA) is 99.5 Å². The second-order valence-corrected chi connectivity index (χ2v) is 9.75. The van der Waals surface area contributed by atoms with Crippen LogP contribution in [0.15, 0.2) is 24.3 Å². The van der Waals surface area contributed by atoms with Gasteiger partial charge in [-0.1, -0.05) is 12.1 Å². The molecule has 1 saturated heterocycles. The summed E-state index contributed by atoms with van der Waals surface area (Å²) in [4.78, 5) is 28.1. The molecule has 2 atom stereocenters. The van der Waals surface area contributed by atoms with Crippen molar-refractivity contribution in [2.75, 3.05) is 39.3 Å². The molecule has 2 aromatic carbocycles. The Labute approximate surface area is 205 Å². The lowest BCUT2D eigenvalue weighted by atomic mass is 9.95. The van der Waals surface area contributed by atoms with E-state index >= 15 is 0 Å². The van der Waals surface area contributed by atoms with Gasteiger partial charge in [-0.15, -0.1) is 0 Å². The molecule has 3 heterocycles. The van der Waals surface area contributed by atoms with Crippen LogP contribution in [0.1, 0.15) is 72.7 Å². The number of hydrogen-bond donors (Lipinski definition) is 2. The van der Waals surface area contributed by atoms with Gasteiger partial charge in [0.25, 0.3) is 0 Å². The van der Waals surface area contributed by atoms with Gasteiger partial charge < -0.3 is 19.7 Å². The number of fused-ring (bicyclic) bond motifs is 2. The summed E-state index contributed by atoms with van der Waals surface area (Å²) in [6, 6.07) is 7.18. The van der Waals surface area contributed by atoms with Crippen LogP contribution in [0.2, 0.25) is 0 Å². The molecular weight excluding hydrogens is 448 g/mol. The summed E-state index contributed by atoms with van der Waals surface area (Å²) in [6.45, 7) is 8.78. The number of cyclic esters (lactones) is 2. The molecular formula is C27H32N2O6. The second-order valence-electron chi connectivity index (χ2n) is 9.75. The Kier molecular flexibility index (Phi) is 6.63. The highest BCUT2D eigenvalue weighted by molar-refractivity contribution is 5.94. The summed E-state index contributed by atoms with van der Waals surface area (Å²) in [5.74, 6) is -0.591. The maximum absolute atomic E-state index is 11.8. The number of esters is 2. The molecule has 35 heavy (non-hydrogen) atoms. The number of rotatable bonds is 6. The fourth-order valence-corrected chi connectivity index (χ4v) is 5.53. The van der Waals surface area contributed by atoms with Gasteiger partial charge in [0, 0.05) is 37.3 Å². The van der Waals surface area contributed by atoms with Gasteiger partial charge in [0.2, 0.25) is 0 Å². The van der Waals surface area contributed by atoms with Crippen LogP contribution in [0.5, 0.6) is 0 Å². The van der Waals surface area contributed by atoms with Crippen molar-refractivity contribution in [2.45, 2.75) is 45.7 Å². The first kappa shape index (κ1) is 23.9. The Morgan fingerprint density at radius 1 is 0.743 bits per heavy atom. The van der Waals surface area contributed by atoms with E-state index in [-0.39, 0.29) is 25.2 Å². The van der Waals surface area contributed by atoms with Crippen LogP contribution >= 0.6 is 0 Å². The lowest BCUT2D eigenvalue weighted by Gasteiger charge is -2.26. The van der Waals surface area contributed by atoms with Gasteiger partial charge in [0.1, 0.15) is 13.2 Å². The lowest BCUT2D eigenvalue weighted by Crippen LogP contribution is -2.35. The van der Waals surface area contributed by atoms with E-state index in [1.54, 1.807) is 12.1 Å². The minimum atomic E-state index is -0.646. The smallest absolute Gasteiger partial charge is 0.338 e. The van der Waals surface area contributed by atoms with Crippen molar-refractivity contribution in [3.05, 3.63) is 68.8 Å². The van der Waals surface area contributed by atoms with Gasteiger partial charge in [0.05, 0.1) is 23.3 Å². The molecule has 0 aromatic heterocycles. The van der Waals surface area contributed by atoms with Crippen LogP contribution < -0.4 is 0 Å². The number of aliphatic hydroxyl groups is 2. The van der Waals surface area contributed by atoms with Crippen LogP contribution in [0.4, 0.5) is 0 Å². The van der Waals surface area contributed by atoms with E-state index in [1.165, 1.54) is 0 Å². The van der Waals surface area contributed by atoms with Crippen LogP contribution in [-0.2, 0) is 22.7 Å². The Hall–Kier alpha value is -2.78. The molecule has 8 nitrogen and oxygen atoms in total. The Morgan fingerprint density at radius 3 is 1.60 bits per heavy atom. The summed E-state index contributed by atoms with van der Waals surface area (Å²) < 4.78 is 10.3. The fourth-order valence-electron chi connectivity index (χ4n) is 5.53. The predicted molar refractivity (Wildman–Crippen MR) is 128 cm³/mol. The largest absolute Gasteiger partial charge is 0.457 e. The van der Waals surface area contributed by atoms with Gasteiger partial charge in [-0.05, 0) is 67.7 Å². The Morgan fingerprint density at radius 2 is 1.17 bits per heavy atom. The molecule has 0 amide bonds. The molecule has 0 bridgehead atoms. The van der Waals surface area contributed by atoms with E-state index in [9.17, 15) is 19.8 Å². The molecule has 3 aliphatic rings. The predicted octanol–water partition coefficient (Wildman–Crippen LogP) is 2.42. The molecule has 1 fully saturated rings. The maximum atomic E-state index is 11.8. The van der Waals surface area contributed by atoms with E-state index < -0.39 is 12.2 Å². The zero-order chi connectivity index (χ0) is 24.7. The molecule has 5 rings (SSSR count). The minimum Gasteiger partial charge on any atom is -0.457 e. The van der Waals surface area contributed by atoms with Crippen molar-refractivity contribution in [3.63, 3.8) is 0 Å². The zero-order valence-electron chi connectivity index (χ0n) is 20.2. The summed E-state index contributed by atoms with van der Waals surface area (Å²) >= 11 is 0. The van der Waals surface area contributed by atoms with Crippen molar-refractivity contribution >= 4 is 11.9 Å². The van der Waals surface area contributed by atoms with Crippen molar-refractivity contribution in [3.8, 4) is 0 Å². The highest BCUT2D eigenvalue weighted by Gasteiger charge is 2.28. The zero-order valence-corrected chi connectivity index (χ0v) is 20.2. The number of benzene rings is 2. The Bertz CT molecular complexity index is 1070. The van der Waals surface area contributed by atoms with Crippen LogP contribution in [0.25, 0.3) is 0 Å². The third-order valence-electron chi connectivity index (χ3n) is 7.68. The summed E-state index contributed by atoms with van der Waals surface area (Å²) in [7, 11) is 0. The van der Waals surface area contributed by atoms with Gasteiger partial charge >= 0.3 is 11.9 Å². The molecule has 186 valence electrons. The first-order chi connectivity index (χ1) is 16.8. The molecule has 3 aliphatic heterocycles. The molecule has 8 heteroatoms. The number of carbonyl (C=O) groups excluding carboxylic acids is 2. The molecule has 2 aromatic rings. The molecule has 2 N–H and O–H groups in total. The molecule has 0 unspecified atom stereocenters. The summed E-state index contributed by atoms with van der Waals surface area (Å²) in [5, 5.41) is 21.9. The SMILES string of the molecule is Cc1c([C@@H](O)CN2CCCN(C[C@H](O)c3ccc4c(c3C)COC4=O)CC2)ccc2c1COC2=O. The summed E-state index contributed by atoms with van der Waals surface area (Å²) in [5.41, 5.74) is 6.48. The fraction of sp³-hybridized carbons (Fsp3) is 0.481. The molecule has 0 saturated carbocycles. The van der Waals surface area contributed by atoms with Crippen LogP contribution in [0.3, 0.4) is 0 Å². The maximum Gasteiger partial charge on any atom is 0.338 e. The van der Waals surface area contributed by atoms with Crippen LogP contribution in [-0.4, -0.2) is 71.2 Å². The number of aliphatic hydroxyl groups excluding tert-OH is 2.